The predicted molar refractivity (Wildman–Crippen MR) is 76.9 cm³/mol. The molecule has 1 fully saturated rings. The van der Waals surface area contributed by atoms with Crippen molar-refractivity contribution in [3.8, 4) is 0 Å². The standard InChI is InChI=1S/C15H18N2O4/c1-15(2,14(20)21)9-10-5-3-4-6-11(10)17-8-7-16-12(18)13(17)19/h3-6H,7-9H2,1-2H3,(H,16,18)(H,20,21). The molecule has 1 aliphatic heterocycles. The Labute approximate surface area is 122 Å². The lowest BCUT2D eigenvalue weighted by Gasteiger charge is -2.30. The summed E-state index contributed by atoms with van der Waals surface area (Å²) in [5.74, 6) is -2.14. The normalized spacial score (nSPS) is 15.8. The Morgan fingerprint density at radius 2 is 2.00 bits per heavy atom. The Balaban J connectivity index is 2.35. The van der Waals surface area contributed by atoms with Crippen LogP contribution in [-0.4, -0.2) is 36.0 Å². The lowest BCUT2D eigenvalue weighted by molar-refractivity contribution is -0.146. The van der Waals surface area contributed by atoms with E-state index in [1.165, 1.54) is 4.90 Å². The van der Waals surface area contributed by atoms with Crippen LogP contribution in [0.15, 0.2) is 24.3 Å². The van der Waals surface area contributed by atoms with Crippen molar-refractivity contribution in [1.29, 1.82) is 0 Å². The fourth-order valence-electron chi connectivity index (χ4n) is 2.29. The predicted octanol–water partition coefficient (Wildman–Crippen LogP) is 0.803. The van der Waals surface area contributed by atoms with E-state index in [-0.39, 0.29) is 6.42 Å². The number of anilines is 1. The average molecular weight is 290 g/mol. The van der Waals surface area contributed by atoms with E-state index in [4.69, 9.17) is 0 Å². The van der Waals surface area contributed by atoms with E-state index in [1.807, 2.05) is 0 Å². The molecule has 0 atom stereocenters. The molecule has 2 amide bonds. The molecular formula is C15H18N2O4. The van der Waals surface area contributed by atoms with Crippen LogP contribution in [0.5, 0.6) is 0 Å². The summed E-state index contributed by atoms with van der Waals surface area (Å²) in [7, 11) is 0. The first-order valence-corrected chi connectivity index (χ1v) is 6.74. The monoisotopic (exact) mass is 290 g/mol. The second-order valence-corrected chi connectivity index (χ2v) is 5.71. The van der Waals surface area contributed by atoms with Gasteiger partial charge in [-0.2, -0.15) is 0 Å². The van der Waals surface area contributed by atoms with Crippen molar-refractivity contribution in [3.05, 3.63) is 29.8 Å². The fraction of sp³-hybridized carbons (Fsp3) is 0.400. The van der Waals surface area contributed by atoms with Gasteiger partial charge in [0.05, 0.1) is 5.41 Å². The first-order valence-electron chi connectivity index (χ1n) is 6.74. The van der Waals surface area contributed by atoms with Crippen LogP contribution >= 0.6 is 0 Å². The van der Waals surface area contributed by atoms with Crippen molar-refractivity contribution < 1.29 is 19.5 Å². The van der Waals surface area contributed by atoms with E-state index < -0.39 is 23.2 Å². The fourth-order valence-corrected chi connectivity index (χ4v) is 2.29. The molecule has 0 saturated carbocycles. The Morgan fingerprint density at radius 1 is 1.33 bits per heavy atom. The number of carbonyl (C=O) groups is 3. The summed E-state index contributed by atoms with van der Waals surface area (Å²) in [6.45, 7) is 4.05. The molecule has 0 unspecified atom stereocenters. The van der Waals surface area contributed by atoms with Crippen LogP contribution in [0.4, 0.5) is 5.69 Å². The Morgan fingerprint density at radius 3 is 2.67 bits per heavy atom. The van der Waals surface area contributed by atoms with Gasteiger partial charge in [0, 0.05) is 18.8 Å². The molecule has 2 N–H and O–H groups in total. The molecule has 0 aromatic heterocycles. The minimum absolute atomic E-state index is 0.282. The van der Waals surface area contributed by atoms with Gasteiger partial charge in [-0.15, -0.1) is 0 Å². The van der Waals surface area contributed by atoms with E-state index in [9.17, 15) is 19.5 Å². The van der Waals surface area contributed by atoms with Gasteiger partial charge in [0.15, 0.2) is 0 Å². The third-order valence-electron chi connectivity index (χ3n) is 3.55. The highest BCUT2D eigenvalue weighted by atomic mass is 16.4. The van der Waals surface area contributed by atoms with Crippen LogP contribution < -0.4 is 10.2 Å². The number of carbonyl (C=O) groups excluding carboxylic acids is 2. The number of aliphatic carboxylic acids is 1. The molecule has 0 bridgehead atoms. The van der Waals surface area contributed by atoms with Crippen LogP contribution in [0.2, 0.25) is 0 Å². The summed E-state index contributed by atoms with van der Waals surface area (Å²) in [5, 5.41) is 11.7. The molecule has 0 spiro atoms. The molecule has 1 aliphatic rings. The molecule has 112 valence electrons. The molecule has 1 saturated heterocycles. The third kappa shape index (κ3) is 3.04. The second-order valence-electron chi connectivity index (χ2n) is 5.71. The molecule has 0 aliphatic carbocycles. The van der Waals surface area contributed by atoms with Crippen molar-refractivity contribution in [2.24, 2.45) is 5.41 Å². The minimum Gasteiger partial charge on any atom is -0.481 e. The summed E-state index contributed by atoms with van der Waals surface area (Å²) >= 11 is 0. The van der Waals surface area contributed by atoms with Gasteiger partial charge in [0.1, 0.15) is 0 Å². The number of carboxylic acids is 1. The summed E-state index contributed by atoms with van der Waals surface area (Å²) in [6, 6.07) is 7.10. The first kappa shape index (κ1) is 15.0. The van der Waals surface area contributed by atoms with Gasteiger partial charge >= 0.3 is 17.8 Å². The van der Waals surface area contributed by atoms with E-state index >= 15 is 0 Å². The maximum atomic E-state index is 12.0. The molecule has 21 heavy (non-hydrogen) atoms. The van der Waals surface area contributed by atoms with Gasteiger partial charge < -0.3 is 15.3 Å². The largest absolute Gasteiger partial charge is 0.481 e. The number of nitrogens with one attached hydrogen (secondary N) is 1. The average Bonchev–Trinajstić information content (AvgIpc) is 2.42. The number of hydrogen-bond donors (Lipinski definition) is 2. The number of nitrogens with zero attached hydrogens (tertiary/aromatic N) is 1. The van der Waals surface area contributed by atoms with Crippen molar-refractivity contribution in [2.75, 3.05) is 18.0 Å². The molecule has 2 rings (SSSR count). The molecule has 6 heteroatoms. The van der Waals surface area contributed by atoms with E-state index in [2.05, 4.69) is 5.32 Å². The highest BCUT2D eigenvalue weighted by Gasteiger charge is 2.32. The van der Waals surface area contributed by atoms with Gasteiger partial charge in [-0.3, -0.25) is 14.4 Å². The van der Waals surface area contributed by atoms with E-state index in [0.717, 1.165) is 5.56 Å². The van der Waals surface area contributed by atoms with Crippen LogP contribution in [-0.2, 0) is 20.8 Å². The van der Waals surface area contributed by atoms with Gasteiger partial charge in [-0.25, -0.2) is 0 Å². The van der Waals surface area contributed by atoms with Crippen LogP contribution in [0.1, 0.15) is 19.4 Å². The Bertz CT molecular complexity index is 595. The van der Waals surface area contributed by atoms with Crippen molar-refractivity contribution in [1.82, 2.24) is 5.32 Å². The van der Waals surface area contributed by atoms with Crippen LogP contribution in [0.25, 0.3) is 0 Å². The van der Waals surface area contributed by atoms with Crippen LogP contribution in [0, 0.1) is 5.41 Å². The van der Waals surface area contributed by atoms with Gasteiger partial charge in [-0.1, -0.05) is 18.2 Å². The number of carboxylic acid groups (broad SMARTS) is 1. The van der Waals surface area contributed by atoms with E-state index in [0.29, 0.717) is 18.8 Å². The second kappa shape index (κ2) is 5.55. The highest BCUT2D eigenvalue weighted by molar-refractivity contribution is 6.41. The summed E-state index contributed by atoms with van der Waals surface area (Å²) < 4.78 is 0. The third-order valence-corrected chi connectivity index (χ3v) is 3.55. The summed E-state index contributed by atoms with van der Waals surface area (Å²) in [6.07, 6.45) is 0.282. The number of hydrogen-bond acceptors (Lipinski definition) is 3. The molecular weight excluding hydrogens is 272 g/mol. The molecule has 1 aromatic rings. The Kier molecular flexibility index (Phi) is 3.97. The molecule has 0 radical (unpaired) electrons. The topological polar surface area (TPSA) is 86.7 Å². The Hall–Kier alpha value is -2.37. The first-order chi connectivity index (χ1) is 9.83. The lowest BCUT2D eigenvalue weighted by atomic mass is 9.85. The van der Waals surface area contributed by atoms with Gasteiger partial charge in [-0.05, 0) is 31.9 Å². The van der Waals surface area contributed by atoms with Crippen LogP contribution in [0.3, 0.4) is 0 Å². The smallest absolute Gasteiger partial charge is 0.316 e. The highest BCUT2D eigenvalue weighted by Crippen LogP contribution is 2.29. The summed E-state index contributed by atoms with van der Waals surface area (Å²) in [4.78, 5) is 36.2. The minimum atomic E-state index is -0.947. The SMILES string of the molecule is CC(C)(Cc1ccccc1N1CCNC(=O)C1=O)C(=O)O. The number of para-hydroxylation sites is 1. The molecule has 6 nitrogen and oxygen atoms in total. The van der Waals surface area contributed by atoms with Gasteiger partial charge in [0.25, 0.3) is 0 Å². The summed E-state index contributed by atoms with van der Waals surface area (Å²) in [5.41, 5.74) is 0.400. The van der Waals surface area contributed by atoms with E-state index in [1.54, 1.807) is 38.1 Å². The number of benzene rings is 1. The molecule has 1 heterocycles. The zero-order chi connectivity index (χ0) is 15.6. The maximum absolute atomic E-state index is 12.0. The zero-order valence-electron chi connectivity index (χ0n) is 12.0. The maximum Gasteiger partial charge on any atom is 0.316 e. The van der Waals surface area contributed by atoms with Gasteiger partial charge in [0.2, 0.25) is 0 Å². The number of rotatable bonds is 4. The quantitative estimate of drug-likeness (QED) is 0.803. The van der Waals surface area contributed by atoms with Crippen molar-refractivity contribution in [2.45, 2.75) is 20.3 Å². The zero-order valence-corrected chi connectivity index (χ0v) is 12.0. The number of amides is 2. The van der Waals surface area contributed by atoms with Crippen molar-refractivity contribution in [3.63, 3.8) is 0 Å². The lowest BCUT2D eigenvalue weighted by Crippen LogP contribution is -2.52. The molecule has 1 aromatic carbocycles. The number of piperazine rings is 1. The van der Waals surface area contributed by atoms with Crippen molar-refractivity contribution >= 4 is 23.5 Å².